The molecule has 1 rings (SSSR count). The van der Waals surface area contributed by atoms with E-state index >= 15 is 0 Å². The Morgan fingerprint density at radius 1 is 1.54 bits per heavy atom. The van der Waals surface area contributed by atoms with Gasteiger partial charge in [0.15, 0.2) is 0 Å². The van der Waals surface area contributed by atoms with Crippen molar-refractivity contribution in [3.8, 4) is 0 Å². The fourth-order valence-electron chi connectivity index (χ4n) is 1.15. The summed E-state index contributed by atoms with van der Waals surface area (Å²) in [5, 5.41) is 0.682. The summed E-state index contributed by atoms with van der Waals surface area (Å²) >= 11 is 7.60. The van der Waals surface area contributed by atoms with Gasteiger partial charge in [0.2, 0.25) is 0 Å². The third-order valence-electron chi connectivity index (χ3n) is 1.72. The Kier molecular flexibility index (Phi) is 3.82. The lowest BCUT2D eigenvalue weighted by molar-refractivity contribution is -0.116. The van der Waals surface area contributed by atoms with E-state index in [1.165, 1.54) is 0 Å². The molecular formula is C10H11ClOS. The zero-order valence-electron chi connectivity index (χ0n) is 7.63. The summed E-state index contributed by atoms with van der Waals surface area (Å²) in [6.07, 6.45) is 2.41. The zero-order chi connectivity index (χ0) is 9.84. The van der Waals surface area contributed by atoms with Crippen LogP contribution in [0.3, 0.4) is 0 Å². The minimum atomic E-state index is 0.142. The Labute approximate surface area is 87.5 Å². The molecule has 0 spiro atoms. The molecular weight excluding hydrogens is 204 g/mol. The summed E-state index contributed by atoms with van der Waals surface area (Å²) in [5.41, 5.74) is 0.948. The summed E-state index contributed by atoms with van der Waals surface area (Å²) in [5.74, 6) is 0.142. The van der Waals surface area contributed by atoms with Crippen molar-refractivity contribution >= 4 is 29.1 Å². The highest BCUT2D eigenvalue weighted by molar-refractivity contribution is 7.98. The van der Waals surface area contributed by atoms with Crippen molar-refractivity contribution in [3.05, 3.63) is 28.8 Å². The molecule has 3 heteroatoms. The molecule has 0 heterocycles. The van der Waals surface area contributed by atoms with Crippen LogP contribution in [-0.4, -0.2) is 12.0 Å². The molecule has 0 saturated carbocycles. The van der Waals surface area contributed by atoms with Crippen molar-refractivity contribution in [2.45, 2.75) is 18.2 Å². The third-order valence-corrected chi connectivity index (χ3v) is 2.90. The van der Waals surface area contributed by atoms with Gasteiger partial charge in [-0.05, 0) is 30.9 Å². The number of carbonyl (C=O) groups excluding carboxylic acids is 1. The largest absolute Gasteiger partial charge is 0.300 e. The molecule has 0 N–H and O–H groups in total. The van der Waals surface area contributed by atoms with E-state index < -0.39 is 0 Å². The molecule has 70 valence electrons. The molecule has 0 radical (unpaired) electrons. The molecule has 0 aromatic heterocycles. The predicted octanol–water partition coefficient (Wildman–Crippen LogP) is 3.19. The Morgan fingerprint density at radius 2 is 2.23 bits per heavy atom. The fourth-order valence-corrected chi connectivity index (χ4v) is 2.09. The lowest BCUT2D eigenvalue weighted by Gasteiger charge is -2.06. The average Bonchev–Trinajstić information content (AvgIpc) is 2.08. The van der Waals surface area contributed by atoms with Crippen molar-refractivity contribution < 1.29 is 4.79 Å². The molecule has 0 unspecified atom stereocenters. The molecule has 0 amide bonds. The smallest absolute Gasteiger partial charge is 0.134 e. The van der Waals surface area contributed by atoms with Crippen LogP contribution in [0.15, 0.2) is 23.1 Å². The van der Waals surface area contributed by atoms with Crippen molar-refractivity contribution in [1.29, 1.82) is 0 Å². The standard InChI is InChI=1S/C10H11ClOS/c1-7(12)6-8-9(11)4-3-5-10(8)13-2/h3-5H,6H2,1-2H3. The molecule has 0 aliphatic rings. The first-order valence-corrected chi connectivity index (χ1v) is 5.56. The lowest BCUT2D eigenvalue weighted by atomic mass is 10.1. The molecule has 1 aromatic rings. The number of rotatable bonds is 3. The van der Waals surface area contributed by atoms with Gasteiger partial charge in [-0.15, -0.1) is 11.8 Å². The highest BCUT2D eigenvalue weighted by Crippen LogP contribution is 2.27. The molecule has 0 aliphatic carbocycles. The number of carbonyl (C=O) groups is 1. The fraction of sp³-hybridized carbons (Fsp3) is 0.300. The number of hydrogen-bond donors (Lipinski definition) is 0. The molecule has 0 aliphatic heterocycles. The van der Waals surface area contributed by atoms with Gasteiger partial charge in [0.05, 0.1) is 0 Å². The highest BCUT2D eigenvalue weighted by atomic mass is 35.5. The summed E-state index contributed by atoms with van der Waals surface area (Å²) in [6.45, 7) is 1.58. The van der Waals surface area contributed by atoms with Crippen LogP contribution in [-0.2, 0) is 11.2 Å². The van der Waals surface area contributed by atoms with Crippen LogP contribution in [0.1, 0.15) is 12.5 Å². The van der Waals surface area contributed by atoms with Gasteiger partial charge in [-0.25, -0.2) is 0 Å². The molecule has 1 nitrogen and oxygen atoms in total. The number of thioether (sulfide) groups is 1. The first-order chi connectivity index (χ1) is 6.15. The van der Waals surface area contributed by atoms with Crippen LogP contribution in [0.25, 0.3) is 0 Å². The van der Waals surface area contributed by atoms with E-state index in [-0.39, 0.29) is 5.78 Å². The summed E-state index contributed by atoms with van der Waals surface area (Å²) in [4.78, 5) is 12.1. The van der Waals surface area contributed by atoms with Crippen LogP contribution < -0.4 is 0 Å². The van der Waals surface area contributed by atoms with E-state index in [0.717, 1.165) is 10.5 Å². The van der Waals surface area contributed by atoms with E-state index in [4.69, 9.17) is 11.6 Å². The Morgan fingerprint density at radius 3 is 2.77 bits per heavy atom. The average molecular weight is 215 g/mol. The summed E-state index contributed by atoms with van der Waals surface area (Å²) in [7, 11) is 0. The van der Waals surface area contributed by atoms with E-state index in [1.54, 1.807) is 18.7 Å². The first-order valence-electron chi connectivity index (χ1n) is 3.96. The van der Waals surface area contributed by atoms with E-state index in [2.05, 4.69) is 0 Å². The Balaban J connectivity index is 3.07. The van der Waals surface area contributed by atoms with Gasteiger partial charge in [-0.2, -0.15) is 0 Å². The maximum Gasteiger partial charge on any atom is 0.134 e. The quantitative estimate of drug-likeness (QED) is 0.719. The van der Waals surface area contributed by atoms with Crippen LogP contribution in [0, 0.1) is 0 Å². The molecule has 1 aromatic carbocycles. The SMILES string of the molecule is CSc1cccc(Cl)c1CC(C)=O. The number of hydrogen-bond acceptors (Lipinski definition) is 2. The second kappa shape index (κ2) is 4.68. The lowest BCUT2D eigenvalue weighted by Crippen LogP contribution is -1.98. The minimum absolute atomic E-state index is 0.142. The highest BCUT2D eigenvalue weighted by Gasteiger charge is 2.07. The minimum Gasteiger partial charge on any atom is -0.300 e. The molecule has 0 atom stereocenters. The van der Waals surface area contributed by atoms with Gasteiger partial charge in [-0.1, -0.05) is 17.7 Å². The monoisotopic (exact) mass is 214 g/mol. The van der Waals surface area contributed by atoms with Crippen LogP contribution in [0.2, 0.25) is 5.02 Å². The second-order valence-electron chi connectivity index (χ2n) is 2.80. The van der Waals surface area contributed by atoms with Crippen molar-refractivity contribution in [3.63, 3.8) is 0 Å². The predicted molar refractivity (Wildman–Crippen MR) is 57.6 cm³/mol. The van der Waals surface area contributed by atoms with Crippen molar-refractivity contribution in [1.82, 2.24) is 0 Å². The second-order valence-corrected chi connectivity index (χ2v) is 4.05. The molecule has 0 fully saturated rings. The normalized spacial score (nSPS) is 10.1. The number of ketones is 1. The number of halogens is 1. The van der Waals surface area contributed by atoms with Gasteiger partial charge in [0.1, 0.15) is 5.78 Å². The molecule has 0 bridgehead atoms. The Hall–Kier alpha value is -0.470. The van der Waals surface area contributed by atoms with E-state index in [9.17, 15) is 4.79 Å². The van der Waals surface area contributed by atoms with Crippen LogP contribution in [0.5, 0.6) is 0 Å². The van der Waals surface area contributed by atoms with Crippen LogP contribution >= 0.6 is 23.4 Å². The zero-order valence-corrected chi connectivity index (χ0v) is 9.21. The Bertz CT molecular complexity index is 323. The van der Waals surface area contributed by atoms with Gasteiger partial charge in [0, 0.05) is 16.3 Å². The van der Waals surface area contributed by atoms with E-state index in [0.29, 0.717) is 11.4 Å². The molecule has 0 saturated heterocycles. The topological polar surface area (TPSA) is 17.1 Å². The van der Waals surface area contributed by atoms with Crippen LogP contribution in [0.4, 0.5) is 0 Å². The number of benzene rings is 1. The maximum atomic E-state index is 11.0. The summed E-state index contributed by atoms with van der Waals surface area (Å²) in [6, 6.07) is 5.70. The number of Topliss-reactive ketones (excluding diaryl/α,β-unsaturated/α-hetero) is 1. The van der Waals surface area contributed by atoms with Gasteiger partial charge < -0.3 is 0 Å². The summed E-state index contributed by atoms with van der Waals surface area (Å²) < 4.78 is 0. The molecule has 13 heavy (non-hydrogen) atoms. The first kappa shape index (κ1) is 10.6. The van der Waals surface area contributed by atoms with E-state index in [1.807, 2.05) is 24.5 Å². The van der Waals surface area contributed by atoms with Crippen molar-refractivity contribution in [2.75, 3.05) is 6.26 Å². The van der Waals surface area contributed by atoms with Gasteiger partial charge in [0.25, 0.3) is 0 Å². The van der Waals surface area contributed by atoms with Crippen molar-refractivity contribution in [2.24, 2.45) is 0 Å². The van der Waals surface area contributed by atoms with Gasteiger partial charge in [-0.3, -0.25) is 4.79 Å². The van der Waals surface area contributed by atoms with Gasteiger partial charge >= 0.3 is 0 Å². The maximum absolute atomic E-state index is 11.0. The third kappa shape index (κ3) is 2.75.